The Balaban J connectivity index is 2.08. The quantitative estimate of drug-likeness (QED) is 0.733. The summed E-state index contributed by atoms with van der Waals surface area (Å²) in [6, 6.07) is 14.7. The molecule has 2 fully saturated rings. The van der Waals surface area contributed by atoms with Gasteiger partial charge in [-0.25, -0.2) is 0 Å². The molecule has 0 spiro atoms. The minimum Gasteiger partial charge on any atom is -0.300 e. The van der Waals surface area contributed by atoms with E-state index in [1.54, 1.807) is 0 Å². The van der Waals surface area contributed by atoms with Crippen LogP contribution in [0.5, 0.6) is 0 Å². The molecule has 4 atom stereocenters. The average molecular weight is 348 g/mol. The number of benzene rings is 1. The fourth-order valence-corrected chi connectivity index (χ4v) is 5.48. The molecule has 3 rings (SSSR count). The smallest absolute Gasteiger partial charge is 0.139 e. The molecule has 1 aromatic rings. The molecule has 0 heterocycles. The summed E-state index contributed by atoms with van der Waals surface area (Å²) in [5, 5.41) is 19.4. The van der Waals surface area contributed by atoms with Crippen LogP contribution in [0.3, 0.4) is 0 Å². The van der Waals surface area contributed by atoms with Crippen LogP contribution in [0.15, 0.2) is 30.3 Å². The monoisotopic (exact) mass is 348 g/mol. The second-order valence-electron chi connectivity index (χ2n) is 9.30. The lowest BCUT2D eigenvalue weighted by Gasteiger charge is -2.55. The molecule has 0 N–H and O–H groups in total. The van der Waals surface area contributed by atoms with Crippen molar-refractivity contribution in [3.8, 4) is 12.1 Å². The molecule has 26 heavy (non-hydrogen) atoms. The van der Waals surface area contributed by atoms with E-state index in [9.17, 15) is 15.3 Å². The minimum absolute atomic E-state index is 0.117. The molecule has 2 aliphatic carbocycles. The van der Waals surface area contributed by atoms with Crippen LogP contribution in [0.2, 0.25) is 0 Å². The third kappa shape index (κ3) is 3.16. The maximum Gasteiger partial charge on any atom is 0.139 e. The standard InChI is InChI=1S/C23H28N2O/c1-22(2,3)17-9-10-23(18(14-24)15-25)13-19(26)12-20(21(23)11-17)16-7-5-4-6-8-16/h4-8,17-18,20-21H,9-13H2,1-3H3/t17-,20-,21-,23+/m0/s1. The van der Waals surface area contributed by atoms with Crippen LogP contribution in [0.1, 0.15) is 64.4 Å². The lowest BCUT2D eigenvalue weighted by molar-refractivity contribution is -0.132. The van der Waals surface area contributed by atoms with Crippen LogP contribution in [-0.2, 0) is 4.79 Å². The first-order valence-corrected chi connectivity index (χ1v) is 9.67. The van der Waals surface area contributed by atoms with Crippen LogP contribution in [0.4, 0.5) is 0 Å². The zero-order chi connectivity index (χ0) is 18.9. The molecule has 0 bridgehead atoms. The van der Waals surface area contributed by atoms with E-state index in [0.717, 1.165) is 19.3 Å². The fourth-order valence-electron chi connectivity index (χ4n) is 5.48. The first-order valence-electron chi connectivity index (χ1n) is 9.67. The summed E-state index contributed by atoms with van der Waals surface area (Å²) in [4.78, 5) is 12.7. The number of nitrogens with zero attached hydrogens (tertiary/aromatic N) is 2. The van der Waals surface area contributed by atoms with Gasteiger partial charge in [0.1, 0.15) is 11.7 Å². The van der Waals surface area contributed by atoms with Crippen molar-refractivity contribution < 1.29 is 4.79 Å². The third-order valence-corrected chi connectivity index (χ3v) is 6.98. The van der Waals surface area contributed by atoms with Crippen molar-refractivity contribution >= 4 is 5.78 Å². The van der Waals surface area contributed by atoms with Gasteiger partial charge < -0.3 is 0 Å². The van der Waals surface area contributed by atoms with Gasteiger partial charge in [0, 0.05) is 18.3 Å². The van der Waals surface area contributed by atoms with Crippen molar-refractivity contribution in [2.24, 2.45) is 28.6 Å². The van der Waals surface area contributed by atoms with Gasteiger partial charge in [0.15, 0.2) is 0 Å². The highest BCUT2D eigenvalue weighted by Crippen LogP contribution is 2.61. The molecular weight excluding hydrogens is 320 g/mol. The maximum atomic E-state index is 12.7. The average Bonchev–Trinajstić information content (AvgIpc) is 2.61. The van der Waals surface area contributed by atoms with Gasteiger partial charge in [-0.3, -0.25) is 4.79 Å². The number of nitriles is 2. The van der Waals surface area contributed by atoms with Gasteiger partial charge >= 0.3 is 0 Å². The molecule has 0 radical (unpaired) electrons. The first kappa shape index (κ1) is 18.7. The number of Topliss-reactive ketones (excluding diaryl/α,β-unsaturated/α-hetero) is 1. The number of ketones is 1. The maximum absolute atomic E-state index is 12.7. The van der Waals surface area contributed by atoms with Crippen LogP contribution >= 0.6 is 0 Å². The highest BCUT2D eigenvalue weighted by molar-refractivity contribution is 5.81. The van der Waals surface area contributed by atoms with Crippen molar-refractivity contribution in [3.05, 3.63) is 35.9 Å². The Labute approximate surface area is 157 Å². The van der Waals surface area contributed by atoms with Gasteiger partial charge in [0.2, 0.25) is 0 Å². The van der Waals surface area contributed by atoms with E-state index in [1.807, 2.05) is 18.2 Å². The second-order valence-corrected chi connectivity index (χ2v) is 9.30. The second kappa shape index (κ2) is 6.88. The van der Waals surface area contributed by atoms with E-state index < -0.39 is 11.3 Å². The summed E-state index contributed by atoms with van der Waals surface area (Å²) in [6.07, 6.45) is 3.73. The number of rotatable bonds is 2. The number of carbonyl (C=O) groups is 1. The summed E-state index contributed by atoms with van der Waals surface area (Å²) >= 11 is 0. The largest absolute Gasteiger partial charge is 0.300 e. The van der Waals surface area contributed by atoms with Crippen LogP contribution in [0.25, 0.3) is 0 Å². The first-order chi connectivity index (χ1) is 12.3. The minimum atomic E-state index is -0.705. The Morgan fingerprint density at radius 2 is 1.81 bits per heavy atom. The molecule has 0 aromatic heterocycles. The summed E-state index contributed by atoms with van der Waals surface area (Å²) in [6.45, 7) is 6.84. The number of fused-ring (bicyclic) bond motifs is 1. The van der Waals surface area contributed by atoms with Crippen LogP contribution in [0, 0.1) is 51.2 Å². The van der Waals surface area contributed by atoms with Crippen molar-refractivity contribution in [1.29, 1.82) is 10.5 Å². The Bertz CT molecular complexity index is 735. The highest BCUT2D eigenvalue weighted by Gasteiger charge is 2.56. The van der Waals surface area contributed by atoms with Crippen molar-refractivity contribution in [2.45, 2.75) is 58.8 Å². The molecule has 136 valence electrons. The molecular formula is C23H28N2O. The van der Waals surface area contributed by atoms with Gasteiger partial charge in [0.25, 0.3) is 0 Å². The van der Waals surface area contributed by atoms with E-state index in [-0.39, 0.29) is 23.0 Å². The summed E-state index contributed by atoms with van der Waals surface area (Å²) in [5.41, 5.74) is 0.893. The van der Waals surface area contributed by atoms with Gasteiger partial charge in [-0.15, -0.1) is 0 Å². The molecule has 0 saturated heterocycles. The van der Waals surface area contributed by atoms with E-state index in [4.69, 9.17) is 0 Å². The van der Waals surface area contributed by atoms with E-state index in [1.165, 1.54) is 5.56 Å². The zero-order valence-corrected chi connectivity index (χ0v) is 16.0. The summed E-state index contributed by atoms with van der Waals surface area (Å²) in [7, 11) is 0. The molecule has 3 heteroatoms. The lowest BCUT2D eigenvalue weighted by atomic mass is 9.47. The molecule has 1 aromatic carbocycles. The Morgan fingerprint density at radius 1 is 1.15 bits per heavy atom. The highest BCUT2D eigenvalue weighted by atomic mass is 16.1. The van der Waals surface area contributed by atoms with Gasteiger partial charge in [-0.1, -0.05) is 51.1 Å². The molecule has 0 aliphatic heterocycles. The van der Waals surface area contributed by atoms with Crippen LogP contribution in [-0.4, -0.2) is 5.78 Å². The molecule has 3 nitrogen and oxygen atoms in total. The van der Waals surface area contributed by atoms with Crippen LogP contribution < -0.4 is 0 Å². The molecule has 2 aliphatic rings. The predicted molar refractivity (Wildman–Crippen MR) is 101 cm³/mol. The van der Waals surface area contributed by atoms with Crippen molar-refractivity contribution in [3.63, 3.8) is 0 Å². The predicted octanol–water partition coefficient (Wildman–Crippen LogP) is 5.25. The van der Waals surface area contributed by atoms with Crippen molar-refractivity contribution in [1.82, 2.24) is 0 Å². The number of carbonyl (C=O) groups excluding carboxylic acids is 1. The third-order valence-electron chi connectivity index (χ3n) is 6.98. The zero-order valence-electron chi connectivity index (χ0n) is 16.0. The van der Waals surface area contributed by atoms with E-state index >= 15 is 0 Å². The van der Waals surface area contributed by atoms with Gasteiger partial charge in [-0.05, 0) is 48.0 Å². The summed E-state index contributed by atoms with van der Waals surface area (Å²) < 4.78 is 0. The van der Waals surface area contributed by atoms with E-state index in [0.29, 0.717) is 18.8 Å². The number of hydrogen-bond donors (Lipinski definition) is 0. The molecule has 2 saturated carbocycles. The lowest BCUT2D eigenvalue weighted by Crippen LogP contribution is -2.50. The van der Waals surface area contributed by atoms with Gasteiger partial charge in [0.05, 0.1) is 12.1 Å². The topological polar surface area (TPSA) is 64.7 Å². The Hall–Kier alpha value is -2.13. The SMILES string of the molecule is CC(C)(C)[C@H]1CC[C@]2(C(C#N)C#N)CC(=O)C[C@@H](c3ccccc3)[C@@H]2C1. The van der Waals surface area contributed by atoms with E-state index in [2.05, 4.69) is 45.0 Å². The molecule has 0 amide bonds. The number of hydrogen-bond acceptors (Lipinski definition) is 3. The Kier molecular flexibility index (Phi) is 4.94. The molecule has 0 unspecified atom stereocenters. The Morgan fingerprint density at radius 3 is 2.38 bits per heavy atom. The van der Waals surface area contributed by atoms with Gasteiger partial charge in [-0.2, -0.15) is 10.5 Å². The normalized spacial score (nSPS) is 31.8. The summed E-state index contributed by atoms with van der Waals surface area (Å²) in [5.74, 6) is 0.387. The fraction of sp³-hybridized carbons (Fsp3) is 0.609. The van der Waals surface area contributed by atoms with Crippen molar-refractivity contribution in [2.75, 3.05) is 0 Å².